The van der Waals surface area contributed by atoms with Gasteiger partial charge in [-0.2, -0.15) is 0 Å². The van der Waals surface area contributed by atoms with Crippen molar-refractivity contribution < 1.29 is 9.72 Å². The first kappa shape index (κ1) is 10.1. The second kappa shape index (κ2) is 3.41. The maximum atomic E-state index is 10.9. The fraction of sp³-hybridized carbons (Fsp3) is 0.250. The first-order chi connectivity index (χ1) is 6.43. The van der Waals surface area contributed by atoms with E-state index in [2.05, 4.69) is 4.98 Å². The number of nitro groups is 1. The highest BCUT2D eigenvalue weighted by Crippen LogP contribution is 2.21. The summed E-state index contributed by atoms with van der Waals surface area (Å²) < 4.78 is 0. The summed E-state index contributed by atoms with van der Waals surface area (Å²) in [6.45, 7) is 3.11. The summed E-state index contributed by atoms with van der Waals surface area (Å²) in [7, 11) is 0. The van der Waals surface area contributed by atoms with Gasteiger partial charge in [-0.3, -0.25) is 19.9 Å². The van der Waals surface area contributed by atoms with Crippen LogP contribution >= 0.6 is 0 Å². The van der Waals surface area contributed by atoms with E-state index in [1.54, 1.807) is 6.92 Å². The van der Waals surface area contributed by atoms with Gasteiger partial charge in [-0.25, -0.2) is 0 Å². The zero-order valence-corrected chi connectivity index (χ0v) is 7.77. The number of carbonyl (C=O) groups is 1. The molecule has 0 aliphatic rings. The molecular weight excluding hydrogens is 186 g/mol. The molecule has 1 aromatic heterocycles. The minimum Gasteiger partial charge on any atom is -0.365 e. The van der Waals surface area contributed by atoms with Crippen LogP contribution in [-0.4, -0.2) is 15.8 Å². The van der Waals surface area contributed by atoms with Crippen LogP contribution in [-0.2, 0) is 0 Å². The Balaban J connectivity index is 3.52. The summed E-state index contributed by atoms with van der Waals surface area (Å²) >= 11 is 0. The van der Waals surface area contributed by atoms with Crippen molar-refractivity contribution >= 4 is 11.6 Å². The van der Waals surface area contributed by atoms with Crippen LogP contribution in [0.4, 0.5) is 5.69 Å². The van der Waals surface area contributed by atoms with Crippen LogP contribution in [0.2, 0.25) is 0 Å². The average molecular weight is 195 g/mol. The molecule has 0 saturated heterocycles. The number of amides is 1. The molecular formula is C8H9N3O3. The van der Waals surface area contributed by atoms with Crippen molar-refractivity contribution in [1.82, 2.24) is 4.98 Å². The van der Waals surface area contributed by atoms with E-state index < -0.39 is 10.8 Å². The molecule has 14 heavy (non-hydrogen) atoms. The Morgan fingerprint density at radius 1 is 1.57 bits per heavy atom. The number of aromatic nitrogens is 1. The summed E-state index contributed by atoms with van der Waals surface area (Å²) in [5.74, 6) is -0.815. The molecule has 0 aliphatic heterocycles. The van der Waals surface area contributed by atoms with Gasteiger partial charge in [0.1, 0.15) is 11.3 Å². The zero-order valence-electron chi connectivity index (χ0n) is 7.77. The van der Waals surface area contributed by atoms with E-state index in [0.29, 0.717) is 5.69 Å². The Labute approximate surface area is 79.9 Å². The van der Waals surface area contributed by atoms with E-state index in [4.69, 9.17) is 5.73 Å². The smallest absolute Gasteiger partial charge is 0.303 e. The van der Waals surface area contributed by atoms with Crippen molar-refractivity contribution in [3.8, 4) is 0 Å². The van der Waals surface area contributed by atoms with Gasteiger partial charge < -0.3 is 5.73 Å². The van der Waals surface area contributed by atoms with Gasteiger partial charge in [-0.1, -0.05) is 0 Å². The number of nitrogens with two attached hydrogens (primary N) is 1. The van der Waals surface area contributed by atoms with Crippen LogP contribution < -0.4 is 5.73 Å². The summed E-state index contributed by atoms with van der Waals surface area (Å²) in [5.41, 5.74) is 5.33. The minimum absolute atomic E-state index is 0.0972. The molecule has 0 aliphatic carbocycles. The molecule has 1 amide bonds. The van der Waals surface area contributed by atoms with E-state index >= 15 is 0 Å². The second-order valence-corrected chi connectivity index (χ2v) is 2.87. The summed E-state index contributed by atoms with van der Waals surface area (Å²) in [6, 6.07) is 1.31. The SMILES string of the molecule is Cc1cc(C(N)=O)c([N+](=O)[O-])c(C)n1. The molecule has 0 unspecified atom stereocenters. The van der Waals surface area contributed by atoms with E-state index in [1.807, 2.05) is 0 Å². The van der Waals surface area contributed by atoms with E-state index in [-0.39, 0.29) is 16.9 Å². The normalized spacial score (nSPS) is 9.86. The van der Waals surface area contributed by atoms with E-state index in [1.165, 1.54) is 13.0 Å². The number of pyridine rings is 1. The zero-order chi connectivity index (χ0) is 10.9. The molecule has 74 valence electrons. The topological polar surface area (TPSA) is 99.1 Å². The molecule has 6 heteroatoms. The molecule has 0 radical (unpaired) electrons. The summed E-state index contributed by atoms with van der Waals surface area (Å²) in [6.07, 6.45) is 0. The number of carbonyl (C=O) groups excluding carboxylic acids is 1. The van der Waals surface area contributed by atoms with Crippen LogP contribution in [0.1, 0.15) is 21.7 Å². The molecule has 0 fully saturated rings. The number of hydrogen-bond acceptors (Lipinski definition) is 4. The third-order valence-corrected chi connectivity index (χ3v) is 1.74. The molecule has 2 N–H and O–H groups in total. The second-order valence-electron chi connectivity index (χ2n) is 2.87. The lowest BCUT2D eigenvalue weighted by atomic mass is 10.1. The molecule has 1 aromatic rings. The highest BCUT2D eigenvalue weighted by atomic mass is 16.6. The van der Waals surface area contributed by atoms with Gasteiger partial charge in [0.25, 0.3) is 5.91 Å². The minimum atomic E-state index is -0.815. The Kier molecular flexibility index (Phi) is 2.46. The maximum Gasteiger partial charge on any atom is 0.303 e. The van der Waals surface area contributed by atoms with E-state index in [0.717, 1.165) is 0 Å². The predicted molar refractivity (Wildman–Crippen MR) is 48.9 cm³/mol. The number of hydrogen-bond donors (Lipinski definition) is 1. The summed E-state index contributed by atoms with van der Waals surface area (Å²) in [4.78, 5) is 24.8. The van der Waals surface area contributed by atoms with Crippen LogP contribution in [0.3, 0.4) is 0 Å². The first-order valence-electron chi connectivity index (χ1n) is 3.86. The largest absolute Gasteiger partial charge is 0.365 e. The maximum absolute atomic E-state index is 10.9. The third kappa shape index (κ3) is 1.68. The van der Waals surface area contributed by atoms with Gasteiger partial charge in [0.2, 0.25) is 0 Å². The average Bonchev–Trinajstić information content (AvgIpc) is 2.01. The number of nitrogens with zero attached hydrogens (tertiary/aromatic N) is 2. The van der Waals surface area contributed by atoms with E-state index in [9.17, 15) is 14.9 Å². The molecule has 1 rings (SSSR count). The van der Waals surface area contributed by atoms with Crippen molar-refractivity contribution in [2.75, 3.05) is 0 Å². The van der Waals surface area contributed by atoms with Gasteiger partial charge in [-0.05, 0) is 19.9 Å². The number of rotatable bonds is 2. The summed E-state index contributed by atoms with van der Waals surface area (Å²) in [5, 5.41) is 10.6. The van der Waals surface area contributed by atoms with Crippen LogP contribution in [0.15, 0.2) is 6.07 Å². The van der Waals surface area contributed by atoms with Crippen molar-refractivity contribution in [3.63, 3.8) is 0 Å². The van der Waals surface area contributed by atoms with Crippen molar-refractivity contribution in [2.45, 2.75) is 13.8 Å². The Morgan fingerprint density at radius 3 is 2.57 bits per heavy atom. The molecule has 0 atom stereocenters. The Morgan fingerprint density at radius 2 is 2.14 bits per heavy atom. The molecule has 0 aromatic carbocycles. The lowest BCUT2D eigenvalue weighted by Crippen LogP contribution is -2.15. The lowest BCUT2D eigenvalue weighted by Gasteiger charge is -2.02. The molecule has 0 bridgehead atoms. The van der Waals surface area contributed by atoms with Gasteiger partial charge in [0.05, 0.1) is 4.92 Å². The van der Waals surface area contributed by atoms with Gasteiger partial charge in [-0.15, -0.1) is 0 Å². The van der Waals surface area contributed by atoms with Crippen LogP contribution in [0.5, 0.6) is 0 Å². The quantitative estimate of drug-likeness (QED) is 0.554. The number of primary amides is 1. The fourth-order valence-corrected chi connectivity index (χ4v) is 1.24. The lowest BCUT2D eigenvalue weighted by molar-refractivity contribution is -0.386. The van der Waals surface area contributed by atoms with Crippen molar-refractivity contribution in [2.24, 2.45) is 5.73 Å². The standard InChI is InChI=1S/C8H9N3O3/c1-4-3-6(8(9)12)7(11(13)14)5(2)10-4/h3H,1-2H3,(H2,9,12). The predicted octanol–water partition coefficient (Wildman–Crippen LogP) is 0.706. The van der Waals surface area contributed by atoms with Crippen molar-refractivity contribution in [3.05, 3.63) is 33.1 Å². The molecule has 1 heterocycles. The van der Waals surface area contributed by atoms with Gasteiger partial charge in [0.15, 0.2) is 0 Å². The first-order valence-corrected chi connectivity index (χ1v) is 3.86. The third-order valence-electron chi connectivity index (χ3n) is 1.74. The number of aryl methyl sites for hydroxylation is 2. The van der Waals surface area contributed by atoms with Crippen LogP contribution in [0, 0.1) is 24.0 Å². The van der Waals surface area contributed by atoms with Gasteiger partial charge >= 0.3 is 5.69 Å². The molecule has 6 nitrogen and oxygen atoms in total. The van der Waals surface area contributed by atoms with Crippen molar-refractivity contribution in [1.29, 1.82) is 0 Å². The molecule has 0 spiro atoms. The highest BCUT2D eigenvalue weighted by molar-refractivity contribution is 5.97. The Hall–Kier alpha value is -1.98. The fourth-order valence-electron chi connectivity index (χ4n) is 1.24. The monoisotopic (exact) mass is 195 g/mol. The Bertz CT molecular complexity index is 415. The van der Waals surface area contributed by atoms with Crippen LogP contribution in [0.25, 0.3) is 0 Å². The highest BCUT2D eigenvalue weighted by Gasteiger charge is 2.22. The molecule has 0 saturated carbocycles. The van der Waals surface area contributed by atoms with Gasteiger partial charge in [0, 0.05) is 5.69 Å².